The second-order valence-electron chi connectivity index (χ2n) is 6.99. The molecule has 27 heavy (non-hydrogen) atoms. The van der Waals surface area contributed by atoms with Gasteiger partial charge in [0.25, 0.3) is 0 Å². The first-order valence-corrected chi connectivity index (χ1v) is 9.50. The second-order valence-corrected chi connectivity index (χ2v) is 6.99. The van der Waals surface area contributed by atoms with Crippen LogP contribution in [0.4, 0.5) is 14.7 Å². The van der Waals surface area contributed by atoms with E-state index in [2.05, 4.69) is 31.3 Å². The van der Waals surface area contributed by atoms with E-state index in [0.29, 0.717) is 19.1 Å². The standard InChI is InChI=1S/C19H24F2N4O2/c1-2-25-17(13-5-3-6-13)22-23-19(25)24-9-10-26-16(12-24)14-7-4-8-15(11-14)27-18(20)21/h4,7-8,11,13,16,18H,2-3,5-6,9-10,12H2,1H3. The van der Waals surface area contributed by atoms with Gasteiger partial charge in [0, 0.05) is 19.0 Å². The van der Waals surface area contributed by atoms with E-state index < -0.39 is 6.61 Å². The minimum atomic E-state index is -2.84. The van der Waals surface area contributed by atoms with Gasteiger partial charge < -0.3 is 14.4 Å². The van der Waals surface area contributed by atoms with E-state index in [-0.39, 0.29) is 11.9 Å². The molecule has 6 nitrogen and oxygen atoms in total. The first-order valence-electron chi connectivity index (χ1n) is 9.50. The minimum Gasteiger partial charge on any atom is -0.435 e. The highest BCUT2D eigenvalue weighted by Gasteiger charge is 2.30. The number of hydrogen-bond donors (Lipinski definition) is 0. The van der Waals surface area contributed by atoms with Gasteiger partial charge in [-0.25, -0.2) is 0 Å². The number of hydrogen-bond acceptors (Lipinski definition) is 5. The lowest BCUT2D eigenvalue weighted by molar-refractivity contribution is -0.0501. The van der Waals surface area contributed by atoms with E-state index in [1.165, 1.54) is 25.3 Å². The lowest BCUT2D eigenvalue weighted by Crippen LogP contribution is -2.40. The molecule has 1 aromatic carbocycles. The van der Waals surface area contributed by atoms with Gasteiger partial charge in [0.05, 0.1) is 13.2 Å². The Morgan fingerprint density at radius 1 is 1.30 bits per heavy atom. The van der Waals surface area contributed by atoms with Crippen molar-refractivity contribution < 1.29 is 18.3 Å². The van der Waals surface area contributed by atoms with Crippen molar-refractivity contribution in [2.24, 2.45) is 0 Å². The molecule has 146 valence electrons. The molecule has 2 heterocycles. The van der Waals surface area contributed by atoms with Crippen LogP contribution >= 0.6 is 0 Å². The van der Waals surface area contributed by atoms with Crippen molar-refractivity contribution in [2.45, 2.75) is 51.4 Å². The van der Waals surface area contributed by atoms with Crippen LogP contribution in [0.25, 0.3) is 0 Å². The average molecular weight is 378 g/mol. The van der Waals surface area contributed by atoms with Crippen LogP contribution in [0.1, 0.15) is 49.6 Å². The number of anilines is 1. The molecule has 2 aromatic rings. The van der Waals surface area contributed by atoms with Crippen LogP contribution in [0.5, 0.6) is 5.75 Å². The molecule has 0 bridgehead atoms. The van der Waals surface area contributed by atoms with Gasteiger partial charge in [-0.1, -0.05) is 18.6 Å². The Kier molecular flexibility index (Phi) is 5.24. The van der Waals surface area contributed by atoms with Crippen molar-refractivity contribution in [3.05, 3.63) is 35.7 Å². The first-order chi connectivity index (χ1) is 13.2. The molecule has 0 spiro atoms. The number of rotatable bonds is 6. The summed E-state index contributed by atoms with van der Waals surface area (Å²) in [6, 6.07) is 6.72. The normalized spacial score (nSPS) is 20.7. The molecule has 2 aliphatic rings. The van der Waals surface area contributed by atoms with Crippen molar-refractivity contribution in [2.75, 3.05) is 24.6 Å². The molecule has 0 N–H and O–H groups in total. The Bertz CT molecular complexity index is 779. The smallest absolute Gasteiger partial charge is 0.387 e. The Labute approximate surface area is 157 Å². The molecule has 2 fully saturated rings. The fourth-order valence-electron chi connectivity index (χ4n) is 3.74. The van der Waals surface area contributed by atoms with Gasteiger partial charge >= 0.3 is 6.61 Å². The van der Waals surface area contributed by atoms with Crippen molar-refractivity contribution in [1.82, 2.24) is 14.8 Å². The van der Waals surface area contributed by atoms with Crippen molar-refractivity contribution in [3.8, 4) is 5.75 Å². The molecule has 1 saturated carbocycles. The lowest BCUT2D eigenvalue weighted by Gasteiger charge is -2.34. The average Bonchev–Trinajstić information content (AvgIpc) is 3.03. The summed E-state index contributed by atoms with van der Waals surface area (Å²) in [6.07, 6.45) is 3.39. The summed E-state index contributed by atoms with van der Waals surface area (Å²) < 4.78 is 37.6. The topological polar surface area (TPSA) is 52.4 Å². The molecule has 0 radical (unpaired) electrons. The monoisotopic (exact) mass is 378 g/mol. The Balaban J connectivity index is 1.52. The van der Waals surface area contributed by atoms with Gasteiger partial charge in [-0.05, 0) is 37.5 Å². The molecular weight excluding hydrogens is 354 g/mol. The zero-order valence-corrected chi connectivity index (χ0v) is 15.4. The van der Waals surface area contributed by atoms with Crippen molar-refractivity contribution in [3.63, 3.8) is 0 Å². The molecule has 0 amide bonds. The molecule has 1 atom stereocenters. The van der Waals surface area contributed by atoms with Gasteiger partial charge in [-0.15, -0.1) is 10.2 Å². The zero-order valence-electron chi connectivity index (χ0n) is 15.4. The van der Waals surface area contributed by atoms with Gasteiger partial charge in [-0.3, -0.25) is 4.57 Å². The second kappa shape index (κ2) is 7.80. The maximum absolute atomic E-state index is 12.5. The molecule has 1 aromatic heterocycles. The molecular formula is C19H24F2N4O2. The van der Waals surface area contributed by atoms with E-state index in [0.717, 1.165) is 30.4 Å². The Morgan fingerprint density at radius 3 is 2.85 bits per heavy atom. The SMILES string of the molecule is CCn1c(C2CCC2)nnc1N1CCOC(c2cccc(OC(F)F)c2)C1. The van der Waals surface area contributed by atoms with Crippen LogP contribution in [0.15, 0.2) is 24.3 Å². The number of aromatic nitrogens is 3. The van der Waals surface area contributed by atoms with Crippen molar-refractivity contribution >= 4 is 5.95 Å². The van der Waals surface area contributed by atoms with E-state index in [1.54, 1.807) is 12.1 Å². The minimum absolute atomic E-state index is 0.146. The summed E-state index contributed by atoms with van der Waals surface area (Å²) in [6.45, 7) is 1.97. The highest BCUT2D eigenvalue weighted by atomic mass is 19.3. The third-order valence-corrected chi connectivity index (χ3v) is 5.35. The van der Waals surface area contributed by atoms with E-state index in [9.17, 15) is 8.78 Å². The van der Waals surface area contributed by atoms with E-state index in [1.807, 2.05) is 6.07 Å². The highest BCUT2D eigenvalue weighted by Crippen LogP contribution is 2.37. The fourth-order valence-corrected chi connectivity index (χ4v) is 3.74. The van der Waals surface area contributed by atoms with Crippen LogP contribution in [0.3, 0.4) is 0 Å². The molecule has 4 rings (SSSR count). The number of nitrogens with zero attached hydrogens (tertiary/aromatic N) is 4. The summed E-state index contributed by atoms with van der Waals surface area (Å²) in [5, 5.41) is 8.91. The maximum atomic E-state index is 12.5. The van der Waals surface area contributed by atoms with Gasteiger partial charge in [0.2, 0.25) is 5.95 Å². The van der Waals surface area contributed by atoms with Gasteiger partial charge in [0.15, 0.2) is 0 Å². The number of halogens is 2. The third kappa shape index (κ3) is 3.76. The van der Waals surface area contributed by atoms with Crippen LogP contribution in [0.2, 0.25) is 0 Å². The third-order valence-electron chi connectivity index (χ3n) is 5.35. The zero-order chi connectivity index (χ0) is 18.8. The van der Waals surface area contributed by atoms with Crippen LogP contribution < -0.4 is 9.64 Å². The summed E-state index contributed by atoms with van der Waals surface area (Å²) in [4.78, 5) is 2.17. The first kappa shape index (κ1) is 18.2. The molecule has 8 heteroatoms. The quantitative estimate of drug-likeness (QED) is 0.766. The Morgan fingerprint density at radius 2 is 2.15 bits per heavy atom. The fraction of sp³-hybridized carbons (Fsp3) is 0.579. The molecule has 1 saturated heterocycles. The maximum Gasteiger partial charge on any atom is 0.387 e. The van der Waals surface area contributed by atoms with Gasteiger partial charge in [-0.2, -0.15) is 8.78 Å². The predicted molar refractivity (Wildman–Crippen MR) is 96.3 cm³/mol. The number of alkyl halides is 2. The van der Waals surface area contributed by atoms with Crippen LogP contribution in [-0.4, -0.2) is 41.1 Å². The largest absolute Gasteiger partial charge is 0.435 e. The van der Waals surface area contributed by atoms with E-state index >= 15 is 0 Å². The van der Waals surface area contributed by atoms with E-state index in [4.69, 9.17) is 4.74 Å². The summed E-state index contributed by atoms with van der Waals surface area (Å²) in [7, 11) is 0. The van der Waals surface area contributed by atoms with Crippen LogP contribution in [-0.2, 0) is 11.3 Å². The number of ether oxygens (including phenoxy) is 2. The van der Waals surface area contributed by atoms with Crippen molar-refractivity contribution in [1.29, 1.82) is 0 Å². The highest BCUT2D eigenvalue weighted by molar-refractivity contribution is 5.36. The van der Waals surface area contributed by atoms with Gasteiger partial charge in [0.1, 0.15) is 17.7 Å². The molecule has 1 unspecified atom stereocenters. The van der Waals surface area contributed by atoms with Crippen LogP contribution in [0, 0.1) is 0 Å². The molecule has 1 aliphatic heterocycles. The predicted octanol–water partition coefficient (Wildman–Crippen LogP) is 3.74. The summed E-state index contributed by atoms with van der Waals surface area (Å²) in [5.41, 5.74) is 0.819. The lowest BCUT2D eigenvalue weighted by atomic mass is 9.85. The molecule has 1 aliphatic carbocycles. The summed E-state index contributed by atoms with van der Waals surface area (Å²) in [5.74, 6) is 2.61. The Hall–Kier alpha value is -2.22. The number of morpholine rings is 1. The number of benzene rings is 1. The summed E-state index contributed by atoms with van der Waals surface area (Å²) >= 11 is 0.